The predicted molar refractivity (Wildman–Crippen MR) is 92.3 cm³/mol. The molecule has 0 bridgehead atoms. The number of halogens is 3. The van der Waals surface area contributed by atoms with Gasteiger partial charge in [0.05, 0.1) is 5.69 Å². The lowest BCUT2D eigenvalue weighted by Crippen LogP contribution is -2.14. The van der Waals surface area contributed by atoms with Gasteiger partial charge in [-0.3, -0.25) is 4.79 Å². The molecule has 0 aliphatic rings. The number of rotatable bonds is 5. The Hall–Kier alpha value is -3.35. The molecule has 3 rings (SSSR count). The number of hydrogen-bond acceptors (Lipinski definition) is 3. The van der Waals surface area contributed by atoms with E-state index in [1.807, 2.05) is 0 Å². The number of carbonyl (C=O) groups excluding carboxylic acids is 1. The third-order valence-electron chi connectivity index (χ3n) is 3.62. The Morgan fingerprint density at radius 2 is 1.77 bits per heavy atom. The number of hydrogen-bond donors (Lipinski definition) is 2. The molecule has 1 heterocycles. The summed E-state index contributed by atoms with van der Waals surface area (Å²) in [6, 6.07) is 12.1. The Balaban J connectivity index is 1.70. The van der Waals surface area contributed by atoms with Crippen molar-refractivity contribution in [1.29, 1.82) is 0 Å². The van der Waals surface area contributed by atoms with Crippen LogP contribution in [0.4, 0.5) is 24.7 Å². The highest BCUT2D eigenvalue weighted by atomic mass is 19.1. The number of amides is 1. The van der Waals surface area contributed by atoms with Crippen molar-refractivity contribution in [2.75, 3.05) is 10.6 Å². The topological polar surface area (TPSA) is 54.0 Å². The van der Waals surface area contributed by atoms with Crippen LogP contribution >= 0.6 is 0 Å². The molecular weight excluding hydrogens is 343 g/mol. The van der Waals surface area contributed by atoms with E-state index >= 15 is 0 Å². The van der Waals surface area contributed by atoms with Crippen molar-refractivity contribution in [3.8, 4) is 0 Å². The van der Waals surface area contributed by atoms with E-state index in [0.29, 0.717) is 17.4 Å². The predicted octanol–water partition coefficient (Wildman–Crippen LogP) is 4.36. The van der Waals surface area contributed by atoms with Crippen molar-refractivity contribution in [3.05, 3.63) is 89.4 Å². The van der Waals surface area contributed by atoms with E-state index in [1.54, 1.807) is 18.2 Å². The number of benzene rings is 2. The Labute approximate surface area is 147 Å². The van der Waals surface area contributed by atoms with E-state index in [2.05, 4.69) is 15.6 Å². The molecule has 0 saturated carbocycles. The molecule has 4 nitrogen and oxygen atoms in total. The van der Waals surface area contributed by atoms with E-state index in [-0.39, 0.29) is 23.6 Å². The SMILES string of the molecule is O=C(Nc1ccc(F)cc1F)c1ccnc(NCc2ccccc2F)c1. The fourth-order valence-corrected chi connectivity index (χ4v) is 2.28. The zero-order chi connectivity index (χ0) is 18.5. The third-order valence-corrected chi connectivity index (χ3v) is 3.62. The molecule has 0 unspecified atom stereocenters. The fraction of sp³-hybridized carbons (Fsp3) is 0.0526. The van der Waals surface area contributed by atoms with Crippen LogP contribution in [0.5, 0.6) is 0 Å². The summed E-state index contributed by atoms with van der Waals surface area (Å²) in [5, 5.41) is 5.29. The second-order valence-corrected chi connectivity index (χ2v) is 5.45. The highest BCUT2D eigenvalue weighted by molar-refractivity contribution is 6.04. The smallest absolute Gasteiger partial charge is 0.255 e. The van der Waals surface area contributed by atoms with E-state index in [4.69, 9.17) is 0 Å². The Morgan fingerprint density at radius 3 is 2.54 bits per heavy atom. The van der Waals surface area contributed by atoms with Crippen LogP contribution in [0.2, 0.25) is 0 Å². The number of anilines is 2. The highest BCUT2D eigenvalue weighted by Gasteiger charge is 2.11. The van der Waals surface area contributed by atoms with Gasteiger partial charge in [-0.15, -0.1) is 0 Å². The Morgan fingerprint density at radius 1 is 0.962 bits per heavy atom. The van der Waals surface area contributed by atoms with Gasteiger partial charge in [-0.1, -0.05) is 18.2 Å². The van der Waals surface area contributed by atoms with E-state index in [1.165, 1.54) is 24.4 Å². The summed E-state index contributed by atoms with van der Waals surface area (Å²) in [6.07, 6.45) is 1.40. The summed E-state index contributed by atoms with van der Waals surface area (Å²) >= 11 is 0. The summed E-state index contributed by atoms with van der Waals surface area (Å²) in [4.78, 5) is 16.3. The number of pyridine rings is 1. The number of nitrogens with zero attached hydrogens (tertiary/aromatic N) is 1. The van der Waals surface area contributed by atoms with Crippen molar-refractivity contribution >= 4 is 17.4 Å². The molecule has 0 fully saturated rings. The van der Waals surface area contributed by atoms with Crippen molar-refractivity contribution in [1.82, 2.24) is 4.98 Å². The van der Waals surface area contributed by atoms with Crippen LogP contribution in [0.25, 0.3) is 0 Å². The van der Waals surface area contributed by atoms with Crippen molar-refractivity contribution < 1.29 is 18.0 Å². The maximum absolute atomic E-state index is 13.6. The van der Waals surface area contributed by atoms with Crippen molar-refractivity contribution in [3.63, 3.8) is 0 Å². The molecule has 2 aromatic carbocycles. The maximum Gasteiger partial charge on any atom is 0.255 e. The first kappa shape index (κ1) is 17.5. The molecule has 0 spiro atoms. The molecule has 1 aromatic heterocycles. The lowest BCUT2D eigenvalue weighted by atomic mass is 10.2. The van der Waals surface area contributed by atoms with Gasteiger partial charge in [0.15, 0.2) is 0 Å². The Bertz CT molecular complexity index is 947. The molecule has 2 N–H and O–H groups in total. The van der Waals surface area contributed by atoms with Gasteiger partial charge in [0.25, 0.3) is 5.91 Å². The Kier molecular flexibility index (Phi) is 5.17. The van der Waals surface area contributed by atoms with E-state index in [9.17, 15) is 18.0 Å². The van der Waals surface area contributed by atoms with Gasteiger partial charge in [0, 0.05) is 29.9 Å². The lowest BCUT2D eigenvalue weighted by molar-refractivity contribution is 0.102. The van der Waals surface area contributed by atoms with Crippen molar-refractivity contribution in [2.45, 2.75) is 6.54 Å². The number of carbonyl (C=O) groups is 1. The minimum Gasteiger partial charge on any atom is -0.366 e. The molecule has 0 aliphatic heterocycles. The van der Waals surface area contributed by atoms with Crippen LogP contribution in [0.15, 0.2) is 60.8 Å². The maximum atomic E-state index is 13.6. The minimum atomic E-state index is -0.870. The van der Waals surface area contributed by atoms with Gasteiger partial charge in [0.1, 0.15) is 23.3 Å². The normalized spacial score (nSPS) is 10.4. The summed E-state index contributed by atoms with van der Waals surface area (Å²) in [7, 11) is 0. The average Bonchev–Trinajstić information content (AvgIpc) is 2.63. The standard InChI is InChI=1S/C19H14F3N3O/c20-14-5-6-17(16(22)10-14)25-19(26)12-7-8-23-18(9-12)24-11-13-3-1-2-4-15(13)21/h1-10H,11H2,(H,23,24)(H,25,26). The molecular formula is C19H14F3N3O. The van der Waals surface area contributed by atoms with E-state index < -0.39 is 17.5 Å². The molecule has 0 radical (unpaired) electrons. The zero-order valence-electron chi connectivity index (χ0n) is 13.5. The molecule has 3 aromatic rings. The summed E-state index contributed by atoms with van der Waals surface area (Å²) in [5.41, 5.74) is 0.548. The molecule has 7 heteroatoms. The van der Waals surface area contributed by atoms with Gasteiger partial charge in [-0.25, -0.2) is 18.2 Å². The monoisotopic (exact) mass is 357 g/mol. The van der Waals surface area contributed by atoms with Gasteiger partial charge >= 0.3 is 0 Å². The zero-order valence-corrected chi connectivity index (χ0v) is 13.5. The minimum absolute atomic E-state index is 0.130. The van der Waals surface area contributed by atoms with Crippen LogP contribution < -0.4 is 10.6 Å². The molecule has 1 amide bonds. The molecule has 132 valence electrons. The summed E-state index contributed by atoms with van der Waals surface area (Å²) in [5.74, 6) is -2.16. The number of aromatic nitrogens is 1. The van der Waals surface area contributed by atoms with E-state index in [0.717, 1.165) is 12.1 Å². The first-order valence-electron chi connectivity index (χ1n) is 7.72. The third kappa shape index (κ3) is 4.18. The fourth-order valence-electron chi connectivity index (χ4n) is 2.28. The van der Waals surface area contributed by atoms with Crippen LogP contribution in [-0.2, 0) is 6.54 Å². The summed E-state index contributed by atoms with van der Waals surface area (Å²) in [6.45, 7) is 0.192. The molecule has 0 atom stereocenters. The van der Waals surface area contributed by atoms with Gasteiger partial charge in [-0.05, 0) is 30.3 Å². The lowest BCUT2D eigenvalue weighted by Gasteiger charge is -2.09. The largest absolute Gasteiger partial charge is 0.366 e. The van der Waals surface area contributed by atoms with Crippen LogP contribution in [0.3, 0.4) is 0 Å². The van der Waals surface area contributed by atoms with Gasteiger partial charge in [0.2, 0.25) is 0 Å². The first-order valence-corrected chi connectivity index (χ1v) is 7.72. The first-order chi connectivity index (χ1) is 12.5. The number of nitrogens with one attached hydrogen (secondary N) is 2. The molecule has 26 heavy (non-hydrogen) atoms. The quantitative estimate of drug-likeness (QED) is 0.713. The van der Waals surface area contributed by atoms with Gasteiger partial charge < -0.3 is 10.6 Å². The highest BCUT2D eigenvalue weighted by Crippen LogP contribution is 2.17. The second-order valence-electron chi connectivity index (χ2n) is 5.45. The van der Waals surface area contributed by atoms with Crippen LogP contribution in [0.1, 0.15) is 15.9 Å². The second kappa shape index (κ2) is 7.69. The van der Waals surface area contributed by atoms with Crippen molar-refractivity contribution in [2.24, 2.45) is 0 Å². The van der Waals surface area contributed by atoms with Crippen LogP contribution in [0, 0.1) is 17.5 Å². The summed E-state index contributed by atoms with van der Waals surface area (Å²) < 4.78 is 40.2. The average molecular weight is 357 g/mol. The molecule has 0 saturated heterocycles. The molecule has 0 aliphatic carbocycles. The van der Waals surface area contributed by atoms with Crippen LogP contribution in [-0.4, -0.2) is 10.9 Å². The van der Waals surface area contributed by atoms with Gasteiger partial charge in [-0.2, -0.15) is 0 Å².